The summed E-state index contributed by atoms with van der Waals surface area (Å²) in [4.78, 5) is 2.32. The quantitative estimate of drug-likeness (QED) is 0.748. The summed E-state index contributed by atoms with van der Waals surface area (Å²) in [5.41, 5.74) is -0.413. The smallest absolute Gasteiger partial charge is 0.416 e. The third kappa shape index (κ3) is 4.76. The summed E-state index contributed by atoms with van der Waals surface area (Å²) in [5.74, 6) is 0.848. The van der Waals surface area contributed by atoms with Crippen molar-refractivity contribution < 1.29 is 17.6 Å². The first-order valence-electron chi connectivity index (χ1n) is 8.43. The van der Waals surface area contributed by atoms with Gasteiger partial charge in [0.25, 0.3) is 0 Å². The highest BCUT2D eigenvalue weighted by atomic mass is 32.1. The number of alkyl halides is 3. The summed E-state index contributed by atoms with van der Waals surface area (Å²) >= 11 is 5.24. The van der Waals surface area contributed by atoms with E-state index in [-0.39, 0.29) is 11.2 Å². The van der Waals surface area contributed by atoms with E-state index >= 15 is 0 Å². The Balaban J connectivity index is 1.60. The SMILES string of the molecule is FC(F)(F)c1cccc(NC(=S)NC[C@H](c2ccco2)N2CCCC2)c1. The second-order valence-electron chi connectivity index (χ2n) is 6.19. The zero-order valence-electron chi connectivity index (χ0n) is 14.1. The molecule has 4 nitrogen and oxygen atoms in total. The molecule has 1 atom stereocenters. The lowest BCUT2D eigenvalue weighted by atomic mass is 10.2. The van der Waals surface area contributed by atoms with E-state index in [0.717, 1.165) is 43.8 Å². The first kappa shape index (κ1) is 18.7. The van der Waals surface area contributed by atoms with E-state index in [1.54, 1.807) is 12.3 Å². The number of nitrogens with zero attached hydrogens (tertiary/aromatic N) is 1. The molecule has 3 rings (SSSR count). The Bertz CT molecular complexity index is 728. The third-order valence-corrected chi connectivity index (χ3v) is 4.60. The Hall–Kier alpha value is -2.06. The fourth-order valence-corrected chi connectivity index (χ4v) is 3.28. The fourth-order valence-electron chi connectivity index (χ4n) is 3.08. The molecular weight excluding hydrogens is 363 g/mol. The van der Waals surface area contributed by atoms with Gasteiger partial charge in [-0.15, -0.1) is 0 Å². The van der Waals surface area contributed by atoms with Gasteiger partial charge in [-0.05, 0) is 68.5 Å². The van der Waals surface area contributed by atoms with E-state index in [1.165, 1.54) is 6.07 Å². The van der Waals surface area contributed by atoms with Gasteiger partial charge in [0.15, 0.2) is 5.11 Å². The van der Waals surface area contributed by atoms with E-state index in [9.17, 15) is 13.2 Å². The molecule has 8 heteroatoms. The summed E-state index contributed by atoms with van der Waals surface area (Å²) in [6, 6.07) is 8.78. The maximum absolute atomic E-state index is 12.8. The van der Waals surface area contributed by atoms with Crippen molar-refractivity contribution in [1.29, 1.82) is 0 Å². The molecule has 1 aromatic carbocycles. The molecule has 2 heterocycles. The number of benzene rings is 1. The molecule has 1 aliphatic rings. The number of hydrogen-bond donors (Lipinski definition) is 2. The topological polar surface area (TPSA) is 40.4 Å². The average Bonchev–Trinajstić information content (AvgIpc) is 3.28. The monoisotopic (exact) mass is 383 g/mol. The lowest BCUT2D eigenvalue weighted by Crippen LogP contribution is -2.38. The summed E-state index contributed by atoms with van der Waals surface area (Å²) < 4.78 is 43.9. The van der Waals surface area contributed by atoms with Gasteiger partial charge in [0.2, 0.25) is 0 Å². The van der Waals surface area contributed by atoms with Crippen LogP contribution in [0.25, 0.3) is 0 Å². The Labute approximate surface area is 155 Å². The van der Waals surface area contributed by atoms with Crippen LogP contribution in [0.4, 0.5) is 18.9 Å². The van der Waals surface area contributed by atoms with Crippen molar-refractivity contribution in [2.24, 2.45) is 0 Å². The van der Waals surface area contributed by atoms with Gasteiger partial charge in [0, 0.05) is 12.2 Å². The second kappa shape index (κ2) is 8.09. The highest BCUT2D eigenvalue weighted by molar-refractivity contribution is 7.80. The second-order valence-corrected chi connectivity index (χ2v) is 6.60. The Kier molecular flexibility index (Phi) is 5.83. The predicted molar refractivity (Wildman–Crippen MR) is 97.9 cm³/mol. The molecule has 1 aliphatic heterocycles. The molecule has 26 heavy (non-hydrogen) atoms. The maximum Gasteiger partial charge on any atom is 0.416 e. The van der Waals surface area contributed by atoms with Crippen molar-refractivity contribution in [3.05, 3.63) is 54.0 Å². The van der Waals surface area contributed by atoms with E-state index < -0.39 is 11.7 Å². The number of nitrogens with one attached hydrogen (secondary N) is 2. The van der Waals surface area contributed by atoms with Crippen molar-refractivity contribution >= 4 is 23.0 Å². The molecule has 1 saturated heterocycles. The molecule has 0 bridgehead atoms. The lowest BCUT2D eigenvalue weighted by Gasteiger charge is -2.26. The maximum atomic E-state index is 12.8. The van der Waals surface area contributed by atoms with Crippen LogP contribution in [0.3, 0.4) is 0 Å². The first-order valence-corrected chi connectivity index (χ1v) is 8.84. The summed E-state index contributed by atoms with van der Waals surface area (Å²) in [6.07, 6.45) is -0.460. The lowest BCUT2D eigenvalue weighted by molar-refractivity contribution is -0.137. The van der Waals surface area contributed by atoms with E-state index in [2.05, 4.69) is 15.5 Å². The number of likely N-dealkylation sites (tertiary alicyclic amines) is 1. The third-order valence-electron chi connectivity index (χ3n) is 4.36. The van der Waals surface area contributed by atoms with Crippen LogP contribution in [-0.4, -0.2) is 29.6 Å². The molecule has 0 aliphatic carbocycles. The van der Waals surface area contributed by atoms with E-state index in [0.29, 0.717) is 12.2 Å². The van der Waals surface area contributed by atoms with Gasteiger partial charge in [-0.25, -0.2) is 0 Å². The van der Waals surface area contributed by atoms with Crippen LogP contribution in [0.15, 0.2) is 47.1 Å². The number of rotatable bonds is 5. The number of furan rings is 1. The molecule has 0 unspecified atom stereocenters. The molecule has 2 aromatic rings. The number of halogens is 3. The van der Waals surface area contributed by atoms with Crippen LogP contribution in [-0.2, 0) is 6.18 Å². The molecule has 2 N–H and O–H groups in total. The molecule has 0 spiro atoms. The van der Waals surface area contributed by atoms with Crippen molar-refractivity contribution in [3.63, 3.8) is 0 Å². The molecule has 1 fully saturated rings. The van der Waals surface area contributed by atoms with Crippen molar-refractivity contribution in [2.75, 3.05) is 25.0 Å². The van der Waals surface area contributed by atoms with Crippen molar-refractivity contribution in [3.8, 4) is 0 Å². The van der Waals surface area contributed by atoms with Gasteiger partial charge in [-0.2, -0.15) is 13.2 Å². The number of thiocarbonyl (C=S) groups is 1. The number of hydrogen-bond acceptors (Lipinski definition) is 3. The molecule has 0 radical (unpaired) electrons. The van der Waals surface area contributed by atoms with Gasteiger partial charge < -0.3 is 15.1 Å². The van der Waals surface area contributed by atoms with Gasteiger partial charge in [-0.3, -0.25) is 4.90 Å². The standard InChI is InChI=1S/C18H20F3N3OS/c19-18(20,21)13-5-3-6-14(11-13)23-17(26)22-12-15(16-7-4-10-25-16)24-8-1-2-9-24/h3-7,10-11,15H,1-2,8-9,12H2,(H2,22,23,26)/t15-/m1/s1. The molecule has 0 saturated carbocycles. The van der Waals surface area contributed by atoms with Crippen LogP contribution in [0.2, 0.25) is 0 Å². The highest BCUT2D eigenvalue weighted by Crippen LogP contribution is 2.30. The fraction of sp³-hybridized carbons (Fsp3) is 0.389. The van der Waals surface area contributed by atoms with Crippen molar-refractivity contribution in [1.82, 2.24) is 10.2 Å². The van der Waals surface area contributed by atoms with Crippen LogP contribution in [0, 0.1) is 0 Å². The minimum atomic E-state index is -4.38. The van der Waals surface area contributed by atoms with Crippen LogP contribution < -0.4 is 10.6 Å². The van der Waals surface area contributed by atoms with E-state index in [1.807, 2.05) is 12.1 Å². The first-order chi connectivity index (χ1) is 12.4. The highest BCUT2D eigenvalue weighted by Gasteiger charge is 2.30. The average molecular weight is 383 g/mol. The van der Waals surface area contributed by atoms with Gasteiger partial charge in [0.1, 0.15) is 5.76 Å². The van der Waals surface area contributed by atoms with Gasteiger partial charge in [-0.1, -0.05) is 6.07 Å². The summed E-state index contributed by atoms with van der Waals surface area (Å²) in [7, 11) is 0. The minimum Gasteiger partial charge on any atom is -0.468 e. The Morgan fingerprint density at radius 1 is 1.19 bits per heavy atom. The predicted octanol–water partition coefficient (Wildman–Crippen LogP) is 4.42. The summed E-state index contributed by atoms with van der Waals surface area (Å²) in [6.45, 7) is 2.49. The van der Waals surface area contributed by atoms with Crippen LogP contribution in [0.1, 0.15) is 30.2 Å². The van der Waals surface area contributed by atoms with Crippen LogP contribution in [0.5, 0.6) is 0 Å². The molecule has 1 aromatic heterocycles. The summed E-state index contributed by atoms with van der Waals surface area (Å²) in [5, 5.41) is 6.19. The Morgan fingerprint density at radius 3 is 2.62 bits per heavy atom. The molecule has 140 valence electrons. The molecular formula is C18H20F3N3OS. The normalized spacial score (nSPS) is 16.4. The van der Waals surface area contributed by atoms with Gasteiger partial charge in [0.05, 0.1) is 17.9 Å². The Morgan fingerprint density at radius 2 is 1.96 bits per heavy atom. The largest absolute Gasteiger partial charge is 0.468 e. The van der Waals surface area contributed by atoms with E-state index in [4.69, 9.17) is 16.6 Å². The zero-order valence-corrected chi connectivity index (χ0v) is 14.9. The zero-order chi connectivity index (χ0) is 18.6. The van der Waals surface area contributed by atoms with Gasteiger partial charge >= 0.3 is 6.18 Å². The van der Waals surface area contributed by atoms with Crippen molar-refractivity contribution in [2.45, 2.75) is 25.1 Å². The minimum absolute atomic E-state index is 0.0359. The molecule has 0 amide bonds. The number of anilines is 1. The van der Waals surface area contributed by atoms with Crippen LogP contribution >= 0.6 is 12.2 Å².